The van der Waals surface area contributed by atoms with Crippen molar-refractivity contribution in [2.75, 3.05) is 6.54 Å². The molecule has 3 unspecified atom stereocenters. The molecule has 0 aromatic carbocycles. The minimum atomic E-state index is -0.656. The monoisotopic (exact) mass is 263 g/mol. The van der Waals surface area contributed by atoms with Crippen LogP contribution in [0.4, 0.5) is 0 Å². The number of aromatic nitrogens is 2. The minimum Gasteiger partial charge on any atom is -0.480 e. The van der Waals surface area contributed by atoms with E-state index in [4.69, 9.17) is 0 Å². The third-order valence-corrected chi connectivity index (χ3v) is 4.74. The van der Waals surface area contributed by atoms with Gasteiger partial charge in [0.25, 0.3) is 0 Å². The molecule has 5 heteroatoms. The zero-order chi connectivity index (χ0) is 13.4. The maximum absolute atomic E-state index is 11.6. The normalized spacial score (nSPS) is 30.7. The number of aliphatic carboxylic acids is 1. The molecule has 2 fully saturated rings. The molecule has 1 aromatic heterocycles. The van der Waals surface area contributed by atoms with Crippen molar-refractivity contribution in [2.24, 2.45) is 11.8 Å². The lowest BCUT2D eigenvalue weighted by Gasteiger charge is -2.24. The molecule has 2 heterocycles. The van der Waals surface area contributed by atoms with E-state index in [2.05, 4.69) is 21.4 Å². The fraction of sp³-hybridized carbons (Fsp3) is 0.714. The van der Waals surface area contributed by atoms with Crippen LogP contribution < -0.4 is 0 Å². The molecule has 0 amide bonds. The highest BCUT2D eigenvalue weighted by atomic mass is 16.4. The van der Waals surface area contributed by atoms with Crippen molar-refractivity contribution in [3.63, 3.8) is 0 Å². The molecule has 19 heavy (non-hydrogen) atoms. The molecule has 1 saturated heterocycles. The third kappa shape index (κ3) is 2.16. The van der Waals surface area contributed by atoms with E-state index < -0.39 is 5.97 Å². The molecule has 3 rings (SSSR count). The van der Waals surface area contributed by atoms with Gasteiger partial charge in [-0.25, -0.2) is 4.98 Å². The molecular weight excluding hydrogens is 242 g/mol. The zero-order valence-corrected chi connectivity index (χ0v) is 11.3. The van der Waals surface area contributed by atoms with Crippen LogP contribution in [0.2, 0.25) is 0 Å². The van der Waals surface area contributed by atoms with E-state index in [1.54, 1.807) is 0 Å². The van der Waals surface area contributed by atoms with E-state index in [1.807, 2.05) is 12.5 Å². The number of nitrogens with zero attached hydrogens (tertiary/aromatic N) is 3. The number of aryl methyl sites for hydroxylation is 1. The van der Waals surface area contributed by atoms with E-state index in [0.29, 0.717) is 18.4 Å². The smallest absolute Gasteiger partial charge is 0.321 e. The quantitative estimate of drug-likeness (QED) is 0.896. The number of imidazole rings is 1. The number of carbonyl (C=O) groups is 1. The molecular formula is C14H21N3O2. The third-order valence-electron chi connectivity index (χ3n) is 4.74. The average molecular weight is 263 g/mol. The van der Waals surface area contributed by atoms with Crippen molar-refractivity contribution < 1.29 is 9.90 Å². The van der Waals surface area contributed by atoms with Crippen LogP contribution in [0.5, 0.6) is 0 Å². The second-order valence-corrected chi connectivity index (χ2v) is 5.74. The molecule has 104 valence electrons. The molecule has 0 spiro atoms. The highest BCUT2D eigenvalue weighted by Crippen LogP contribution is 2.42. The molecule has 0 radical (unpaired) electrons. The van der Waals surface area contributed by atoms with Gasteiger partial charge in [-0.3, -0.25) is 9.69 Å². The summed E-state index contributed by atoms with van der Waals surface area (Å²) in [5.74, 6) is 0.284. The molecule has 1 N–H and O–H groups in total. The lowest BCUT2D eigenvalue weighted by atomic mass is 9.94. The fourth-order valence-corrected chi connectivity index (χ4v) is 3.87. The summed E-state index contributed by atoms with van der Waals surface area (Å²) in [4.78, 5) is 17.9. The van der Waals surface area contributed by atoms with Crippen LogP contribution in [0.3, 0.4) is 0 Å². The zero-order valence-electron chi connectivity index (χ0n) is 11.3. The summed E-state index contributed by atoms with van der Waals surface area (Å²) in [5, 5.41) is 9.52. The standard InChI is InChI=1S/C14H21N3O2/c1-2-16-9-15-6-11(16)8-17-7-10-4-3-5-12(10)13(17)14(18)19/h6,9-10,12-13H,2-5,7-8H2,1H3,(H,18,19). The van der Waals surface area contributed by atoms with Crippen molar-refractivity contribution in [1.82, 2.24) is 14.5 Å². The Morgan fingerprint density at radius 3 is 3.11 bits per heavy atom. The first-order valence-electron chi connectivity index (χ1n) is 7.16. The van der Waals surface area contributed by atoms with Gasteiger partial charge >= 0.3 is 5.97 Å². The number of carboxylic acid groups (broad SMARTS) is 1. The van der Waals surface area contributed by atoms with Gasteiger partial charge in [0.2, 0.25) is 0 Å². The van der Waals surface area contributed by atoms with Gasteiger partial charge in [-0.15, -0.1) is 0 Å². The summed E-state index contributed by atoms with van der Waals surface area (Å²) in [5.41, 5.74) is 1.12. The van der Waals surface area contributed by atoms with Crippen LogP contribution in [0.1, 0.15) is 31.9 Å². The minimum absolute atomic E-state index is 0.298. The lowest BCUT2D eigenvalue weighted by molar-refractivity contribution is -0.143. The Morgan fingerprint density at radius 1 is 1.53 bits per heavy atom. The van der Waals surface area contributed by atoms with Gasteiger partial charge in [-0.2, -0.15) is 0 Å². The highest BCUT2D eigenvalue weighted by Gasteiger charge is 2.47. The SMILES string of the molecule is CCn1cncc1CN1CC2CCCC2C1C(=O)O. The lowest BCUT2D eigenvalue weighted by Crippen LogP contribution is -2.39. The Morgan fingerprint density at radius 2 is 2.37 bits per heavy atom. The Kier molecular flexibility index (Phi) is 3.31. The molecule has 5 nitrogen and oxygen atoms in total. The summed E-state index contributed by atoms with van der Waals surface area (Å²) >= 11 is 0. The van der Waals surface area contributed by atoms with Crippen LogP contribution in [0, 0.1) is 11.8 Å². The van der Waals surface area contributed by atoms with Gasteiger partial charge in [0.1, 0.15) is 6.04 Å². The maximum atomic E-state index is 11.6. The number of rotatable bonds is 4. The van der Waals surface area contributed by atoms with Crippen molar-refractivity contribution in [1.29, 1.82) is 0 Å². The average Bonchev–Trinajstić information content (AvgIpc) is 3.03. The number of carboxylic acids is 1. The Bertz CT molecular complexity index is 471. The van der Waals surface area contributed by atoms with Crippen LogP contribution in [0.25, 0.3) is 0 Å². The van der Waals surface area contributed by atoms with Crippen LogP contribution in [-0.4, -0.2) is 38.1 Å². The second kappa shape index (κ2) is 4.96. The molecule has 1 aliphatic carbocycles. The van der Waals surface area contributed by atoms with Crippen LogP contribution >= 0.6 is 0 Å². The van der Waals surface area contributed by atoms with Gasteiger partial charge in [0.15, 0.2) is 0 Å². The summed E-state index contributed by atoms with van der Waals surface area (Å²) in [6.07, 6.45) is 7.14. The van der Waals surface area contributed by atoms with Crippen molar-refractivity contribution in [3.05, 3.63) is 18.2 Å². The number of fused-ring (bicyclic) bond motifs is 1. The van der Waals surface area contributed by atoms with E-state index in [0.717, 1.165) is 25.2 Å². The predicted octanol–water partition coefficient (Wildman–Crippen LogP) is 1.59. The van der Waals surface area contributed by atoms with E-state index in [-0.39, 0.29) is 6.04 Å². The number of likely N-dealkylation sites (tertiary alicyclic amines) is 1. The van der Waals surface area contributed by atoms with Gasteiger partial charge in [0, 0.05) is 25.8 Å². The fourth-order valence-electron chi connectivity index (χ4n) is 3.87. The van der Waals surface area contributed by atoms with Crippen LogP contribution in [-0.2, 0) is 17.9 Å². The molecule has 1 saturated carbocycles. The largest absolute Gasteiger partial charge is 0.480 e. The van der Waals surface area contributed by atoms with Crippen molar-refractivity contribution >= 4 is 5.97 Å². The highest BCUT2D eigenvalue weighted by molar-refractivity contribution is 5.74. The van der Waals surface area contributed by atoms with Crippen molar-refractivity contribution in [3.8, 4) is 0 Å². The summed E-state index contributed by atoms with van der Waals surface area (Å²) in [7, 11) is 0. The second-order valence-electron chi connectivity index (χ2n) is 5.74. The number of hydrogen-bond donors (Lipinski definition) is 1. The summed E-state index contributed by atoms with van der Waals surface area (Å²) in [6.45, 7) is 4.60. The van der Waals surface area contributed by atoms with E-state index in [9.17, 15) is 9.90 Å². The van der Waals surface area contributed by atoms with Gasteiger partial charge < -0.3 is 9.67 Å². The molecule has 1 aromatic rings. The molecule has 3 atom stereocenters. The predicted molar refractivity (Wildman–Crippen MR) is 70.6 cm³/mol. The summed E-state index contributed by atoms with van der Waals surface area (Å²) in [6, 6.07) is -0.298. The van der Waals surface area contributed by atoms with Crippen molar-refractivity contribution in [2.45, 2.75) is 45.3 Å². The Balaban J connectivity index is 1.78. The molecule has 1 aliphatic heterocycles. The van der Waals surface area contributed by atoms with E-state index >= 15 is 0 Å². The van der Waals surface area contributed by atoms with E-state index in [1.165, 1.54) is 12.8 Å². The maximum Gasteiger partial charge on any atom is 0.321 e. The first-order chi connectivity index (χ1) is 9.20. The van der Waals surface area contributed by atoms with Gasteiger partial charge in [0.05, 0.1) is 12.0 Å². The van der Waals surface area contributed by atoms with Crippen LogP contribution in [0.15, 0.2) is 12.5 Å². The Labute approximate surface area is 113 Å². The number of hydrogen-bond acceptors (Lipinski definition) is 3. The first-order valence-corrected chi connectivity index (χ1v) is 7.16. The van der Waals surface area contributed by atoms with Gasteiger partial charge in [-0.05, 0) is 31.6 Å². The Hall–Kier alpha value is -1.36. The first kappa shape index (κ1) is 12.7. The molecule has 2 aliphatic rings. The molecule has 0 bridgehead atoms. The van der Waals surface area contributed by atoms with Gasteiger partial charge in [-0.1, -0.05) is 6.42 Å². The topological polar surface area (TPSA) is 58.4 Å². The summed E-state index contributed by atoms with van der Waals surface area (Å²) < 4.78 is 2.09.